The lowest BCUT2D eigenvalue weighted by molar-refractivity contribution is -0.129. The van der Waals surface area contributed by atoms with Gasteiger partial charge in [0.05, 0.1) is 10.6 Å². The summed E-state index contributed by atoms with van der Waals surface area (Å²) in [5, 5.41) is 19.7. The van der Waals surface area contributed by atoms with Gasteiger partial charge in [0, 0.05) is 16.8 Å². The number of hydrogen-bond acceptors (Lipinski definition) is 5. The first-order valence-corrected chi connectivity index (χ1v) is 8.05. The molecule has 1 aromatic carbocycles. The monoisotopic (exact) mass is 326 g/mol. The molecule has 0 spiro atoms. The quantitative estimate of drug-likeness (QED) is 0.758. The number of nitrogens with one attached hydrogen (secondary N) is 1. The predicted molar refractivity (Wildman–Crippen MR) is 87.4 cm³/mol. The van der Waals surface area contributed by atoms with Crippen molar-refractivity contribution in [1.29, 1.82) is 0 Å². The lowest BCUT2D eigenvalue weighted by Gasteiger charge is -2.19. The number of aromatic nitrogens is 1. The van der Waals surface area contributed by atoms with Gasteiger partial charge in [-0.3, -0.25) is 4.79 Å². The number of carbonyl (C=O) groups is 1. The summed E-state index contributed by atoms with van der Waals surface area (Å²) in [4.78, 5) is 13.0. The van der Waals surface area contributed by atoms with E-state index in [1.54, 1.807) is 12.1 Å². The fourth-order valence-electron chi connectivity index (χ4n) is 3.07. The third-order valence-corrected chi connectivity index (χ3v) is 5.16. The van der Waals surface area contributed by atoms with Gasteiger partial charge in [0.15, 0.2) is 0 Å². The zero-order chi connectivity index (χ0) is 16.2. The molecular weight excluding hydrogens is 312 g/mol. The van der Waals surface area contributed by atoms with Gasteiger partial charge in [-0.2, -0.15) is 0 Å². The highest BCUT2D eigenvalue weighted by molar-refractivity contribution is 7.10. The van der Waals surface area contributed by atoms with E-state index in [0.717, 1.165) is 16.8 Å². The van der Waals surface area contributed by atoms with Crippen LogP contribution in [0.1, 0.15) is 21.9 Å². The Labute approximate surface area is 136 Å². The minimum absolute atomic E-state index is 0.425. The van der Waals surface area contributed by atoms with E-state index in [-0.39, 0.29) is 0 Å². The van der Waals surface area contributed by atoms with Crippen LogP contribution >= 0.6 is 11.3 Å². The summed E-state index contributed by atoms with van der Waals surface area (Å²) in [5.74, 6) is 0.283. The van der Waals surface area contributed by atoms with Crippen LogP contribution in [0.3, 0.4) is 0 Å². The fourth-order valence-corrected chi connectivity index (χ4v) is 3.90. The molecule has 116 valence electrons. The van der Waals surface area contributed by atoms with Crippen LogP contribution in [0.15, 0.2) is 40.2 Å². The molecule has 0 fully saturated rings. The van der Waals surface area contributed by atoms with Crippen molar-refractivity contribution in [3.05, 3.63) is 57.6 Å². The van der Waals surface area contributed by atoms with Gasteiger partial charge in [-0.25, -0.2) is 0 Å². The Morgan fingerprint density at radius 1 is 1.30 bits per heavy atom. The Balaban J connectivity index is 1.93. The van der Waals surface area contributed by atoms with Gasteiger partial charge in [-0.1, -0.05) is 17.3 Å². The van der Waals surface area contributed by atoms with Gasteiger partial charge in [0.25, 0.3) is 5.91 Å². The van der Waals surface area contributed by atoms with Gasteiger partial charge in [-0.05, 0) is 43.0 Å². The maximum Gasteiger partial charge on any atom is 0.266 e. The average Bonchev–Trinajstić information content (AvgIpc) is 3.22. The highest BCUT2D eigenvalue weighted by Gasteiger charge is 2.47. The summed E-state index contributed by atoms with van der Waals surface area (Å²) < 4.78 is 5.22. The molecule has 1 aliphatic rings. The molecule has 0 saturated carbocycles. The Morgan fingerprint density at radius 3 is 2.78 bits per heavy atom. The van der Waals surface area contributed by atoms with Crippen LogP contribution in [0, 0.1) is 13.8 Å². The van der Waals surface area contributed by atoms with E-state index in [0.29, 0.717) is 21.9 Å². The van der Waals surface area contributed by atoms with Crippen molar-refractivity contribution in [3.8, 4) is 11.1 Å². The second-order valence-corrected chi connectivity index (χ2v) is 6.55. The van der Waals surface area contributed by atoms with Gasteiger partial charge in [0.1, 0.15) is 5.76 Å². The third-order valence-electron chi connectivity index (χ3n) is 4.19. The summed E-state index contributed by atoms with van der Waals surface area (Å²) >= 11 is 1.35. The molecule has 0 radical (unpaired) electrons. The molecule has 1 aliphatic heterocycles. The largest absolute Gasteiger partial charge is 0.371 e. The number of thiophene rings is 1. The first kappa shape index (κ1) is 14.2. The lowest BCUT2D eigenvalue weighted by atomic mass is 9.90. The predicted octanol–water partition coefficient (Wildman–Crippen LogP) is 3.21. The molecule has 3 aromatic rings. The SMILES string of the molecule is Cc1noc(C)c1-c1ccc2c(c1)C(O)(c1cccs1)C(=O)N2. The molecule has 4 rings (SSSR count). The number of benzene rings is 1. The molecule has 2 N–H and O–H groups in total. The third kappa shape index (κ3) is 1.89. The normalized spacial score (nSPS) is 19.7. The molecule has 1 atom stereocenters. The topological polar surface area (TPSA) is 75.4 Å². The molecule has 0 saturated heterocycles. The van der Waals surface area contributed by atoms with Gasteiger partial charge in [0.2, 0.25) is 5.60 Å². The van der Waals surface area contributed by atoms with Crippen LogP contribution in [0.25, 0.3) is 11.1 Å². The molecular formula is C17H14N2O3S. The minimum Gasteiger partial charge on any atom is -0.371 e. The number of fused-ring (bicyclic) bond motifs is 1. The number of aliphatic hydroxyl groups is 1. The molecule has 23 heavy (non-hydrogen) atoms. The minimum atomic E-state index is -1.65. The highest BCUT2D eigenvalue weighted by Crippen LogP contribution is 2.44. The van der Waals surface area contributed by atoms with Crippen molar-refractivity contribution in [2.24, 2.45) is 0 Å². The van der Waals surface area contributed by atoms with Crippen molar-refractivity contribution >= 4 is 22.9 Å². The maximum atomic E-state index is 12.4. The van der Waals surface area contributed by atoms with Gasteiger partial charge >= 0.3 is 0 Å². The Bertz CT molecular complexity index is 895. The van der Waals surface area contributed by atoms with Gasteiger partial charge in [-0.15, -0.1) is 11.3 Å². The Morgan fingerprint density at radius 2 is 2.13 bits per heavy atom. The molecule has 0 bridgehead atoms. The van der Waals surface area contributed by atoms with Crippen LogP contribution < -0.4 is 5.32 Å². The maximum absolute atomic E-state index is 12.4. The van der Waals surface area contributed by atoms with Crippen LogP contribution in [-0.2, 0) is 10.4 Å². The standard InChI is InChI=1S/C17H14N2O3S/c1-9-15(10(2)22-19-9)11-5-6-13-12(8-11)17(21,16(20)18-13)14-4-3-7-23-14/h3-8,21H,1-2H3,(H,18,20). The molecule has 1 amide bonds. The van der Waals surface area contributed by atoms with E-state index in [9.17, 15) is 9.90 Å². The molecule has 6 heteroatoms. The van der Waals surface area contributed by atoms with Crippen LogP contribution in [0.4, 0.5) is 5.69 Å². The summed E-state index contributed by atoms with van der Waals surface area (Å²) in [7, 11) is 0. The lowest BCUT2D eigenvalue weighted by Crippen LogP contribution is -2.34. The van der Waals surface area contributed by atoms with Crippen molar-refractivity contribution in [2.45, 2.75) is 19.4 Å². The molecule has 5 nitrogen and oxygen atoms in total. The number of anilines is 1. The summed E-state index contributed by atoms with van der Waals surface area (Å²) in [6, 6.07) is 9.12. The number of aryl methyl sites for hydroxylation is 2. The van der Waals surface area contributed by atoms with E-state index < -0.39 is 11.5 Å². The Kier molecular flexibility index (Phi) is 2.94. The smallest absolute Gasteiger partial charge is 0.266 e. The molecule has 1 unspecified atom stereocenters. The van der Waals surface area contributed by atoms with Crippen LogP contribution in [0.2, 0.25) is 0 Å². The average molecular weight is 326 g/mol. The fraction of sp³-hybridized carbons (Fsp3) is 0.176. The summed E-state index contributed by atoms with van der Waals surface area (Å²) in [5.41, 5.74) is 2.06. The van der Waals surface area contributed by atoms with Crippen molar-refractivity contribution in [3.63, 3.8) is 0 Å². The van der Waals surface area contributed by atoms with Gasteiger partial charge < -0.3 is 14.9 Å². The first-order chi connectivity index (χ1) is 11.0. The molecule has 0 aliphatic carbocycles. The van der Waals surface area contributed by atoms with Crippen molar-refractivity contribution < 1.29 is 14.4 Å². The number of hydrogen-bond donors (Lipinski definition) is 2. The Hall–Kier alpha value is -2.44. The number of amides is 1. The van der Waals surface area contributed by atoms with Crippen molar-refractivity contribution in [1.82, 2.24) is 5.16 Å². The van der Waals surface area contributed by atoms with E-state index in [1.165, 1.54) is 11.3 Å². The van der Waals surface area contributed by atoms with E-state index in [4.69, 9.17) is 4.52 Å². The van der Waals surface area contributed by atoms with E-state index in [1.807, 2.05) is 37.4 Å². The van der Waals surface area contributed by atoms with E-state index in [2.05, 4.69) is 10.5 Å². The highest BCUT2D eigenvalue weighted by atomic mass is 32.1. The molecule has 3 heterocycles. The number of nitrogens with zero attached hydrogens (tertiary/aromatic N) is 1. The first-order valence-electron chi connectivity index (χ1n) is 7.17. The second-order valence-electron chi connectivity index (χ2n) is 5.60. The zero-order valence-electron chi connectivity index (χ0n) is 12.6. The summed E-state index contributed by atoms with van der Waals surface area (Å²) in [6.07, 6.45) is 0. The van der Waals surface area contributed by atoms with Crippen molar-refractivity contribution in [2.75, 3.05) is 5.32 Å². The number of rotatable bonds is 2. The zero-order valence-corrected chi connectivity index (χ0v) is 13.4. The van der Waals surface area contributed by atoms with Crippen LogP contribution in [-0.4, -0.2) is 16.2 Å². The summed E-state index contributed by atoms with van der Waals surface area (Å²) in [6.45, 7) is 3.71. The number of carbonyl (C=O) groups excluding carboxylic acids is 1. The second kappa shape index (κ2) is 4.78. The molecule has 2 aromatic heterocycles. The van der Waals surface area contributed by atoms with E-state index >= 15 is 0 Å². The van der Waals surface area contributed by atoms with Crippen LogP contribution in [0.5, 0.6) is 0 Å².